The highest BCUT2D eigenvalue weighted by molar-refractivity contribution is 5.95. The van der Waals surface area contributed by atoms with Crippen LogP contribution in [0.15, 0.2) is 24.3 Å². The van der Waals surface area contributed by atoms with E-state index in [0.717, 1.165) is 25.1 Å². The third kappa shape index (κ3) is 4.49. The number of anilines is 1. The van der Waals surface area contributed by atoms with Crippen LogP contribution in [-0.4, -0.2) is 49.9 Å². The molecule has 5 nitrogen and oxygen atoms in total. The molecule has 0 aliphatic carbocycles. The number of amides is 2. The summed E-state index contributed by atoms with van der Waals surface area (Å²) in [5.74, 6) is 4.80. The van der Waals surface area contributed by atoms with E-state index in [9.17, 15) is 9.59 Å². The van der Waals surface area contributed by atoms with Crippen LogP contribution in [0.25, 0.3) is 0 Å². The zero-order chi connectivity index (χ0) is 16.8. The van der Waals surface area contributed by atoms with Crippen LogP contribution >= 0.6 is 0 Å². The fourth-order valence-corrected chi connectivity index (χ4v) is 2.70. The molecule has 1 heterocycles. The minimum Gasteiger partial charge on any atom is -0.378 e. The van der Waals surface area contributed by atoms with Crippen molar-refractivity contribution in [3.8, 4) is 11.8 Å². The molecule has 1 aliphatic heterocycles. The first-order chi connectivity index (χ1) is 11.0. The van der Waals surface area contributed by atoms with Gasteiger partial charge >= 0.3 is 0 Å². The van der Waals surface area contributed by atoms with E-state index in [0.29, 0.717) is 12.1 Å². The molecule has 1 aromatic carbocycles. The first-order valence-corrected chi connectivity index (χ1v) is 7.81. The number of nitrogens with zero attached hydrogens (tertiary/aromatic N) is 2. The van der Waals surface area contributed by atoms with Gasteiger partial charge in [-0.1, -0.05) is 5.92 Å². The van der Waals surface area contributed by atoms with Crippen molar-refractivity contribution in [2.75, 3.05) is 32.1 Å². The number of rotatable bonds is 3. The molecule has 1 N–H and O–H groups in total. The van der Waals surface area contributed by atoms with Crippen LogP contribution in [0.3, 0.4) is 0 Å². The lowest BCUT2D eigenvalue weighted by molar-refractivity contribution is -0.116. The Morgan fingerprint density at radius 1 is 1.26 bits per heavy atom. The zero-order valence-corrected chi connectivity index (χ0v) is 13.9. The summed E-state index contributed by atoms with van der Waals surface area (Å²) in [5, 5.41) is 2.87. The Balaban J connectivity index is 2.00. The van der Waals surface area contributed by atoms with E-state index in [2.05, 4.69) is 17.2 Å². The second kappa shape index (κ2) is 7.68. The molecule has 23 heavy (non-hydrogen) atoms. The summed E-state index contributed by atoms with van der Waals surface area (Å²) < 4.78 is 0. The van der Waals surface area contributed by atoms with Crippen LogP contribution < -0.4 is 10.2 Å². The molecule has 1 saturated heterocycles. The predicted octanol–water partition coefficient (Wildman–Crippen LogP) is 1.50. The summed E-state index contributed by atoms with van der Waals surface area (Å²) in [6.45, 7) is 2.89. The van der Waals surface area contributed by atoms with E-state index in [-0.39, 0.29) is 17.9 Å². The second-order valence-corrected chi connectivity index (χ2v) is 5.88. The minimum atomic E-state index is -0.276. The molecule has 1 aliphatic rings. The molecule has 2 amide bonds. The fraction of sp³-hybridized carbons (Fsp3) is 0.444. The summed E-state index contributed by atoms with van der Waals surface area (Å²) in [4.78, 5) is 28.0. The molecule has 0 saturated carbocycles. The van der Waals surface area contributed by atoms with E-state index in [1.54, 1.807) is 11.8 Å². The topological polar surface area (TPSA) is 52.7 Å². The van der Waals surface area contributed by atoms with Crippen molar-refractivity contribution in [1.82, 2.24) is 10.2 Å². The molecule has 2 rings (SSSR count). The number of hydrogen-bond donors (Lipinski definition) is 1. The lowest BCUT2D eigenvalue weighted by atomic mass is 10.0. The van der Waals surface area contributed by atoms with Gasteiger partial charge in [-0.25, -0.2) is 0 Å². The SMILES string of the molecule is CC#CC(=O)NC1CCCN(C(=O)c2ccc(N(C)C)cc2)C1. The third-order valence-electron chi connectivity index (χ3n) is 3.91. The Morgan fingerprint density at radius 3 is 2.57 bits per heavy atom. The molecular weight excluding hydrogens is 290 g/mol. The second-order valence-electron chi connectivity index (χ2n) is 5.88. The summed E-state index contributed by atoms with van der Waals surface area (Å²) >= 11 is 0. The van der Waals surface area contributed by atoms with Crippen LogP contribution in [0.2, 0.25) is 0 Å². The number of carbonyl (C=O) groups excluding carboxylic acids is 2. The van der Waals surface area contributed by atoms with Gasteiger partial charge in [0.05, 0.1) is 0 Å². The van der Waals surface area contributed by atoms with E-state index in [1.807, 2.05) is 43.3 Å². The van der Waals surface area contributed by atoms with Gasteiger partial charge in [-0.2, -0.15) is 0 Å². The van der Waals surface area contributed by atoms with Gasteiger partial charge in [-0.05, 0) is 50.0 Å². The van der Waals surface area contributed by atoms with E-state index in [1.165, 1.54) is 0 Å². The minimum absolute atomic E-state index is 0.0100. The van der Waals surface area contributed by atoms with Crippen molar-refractivity contribution in [2.45, 2.75) is 25.8 Å². The molecule has 0 spiro atoms. The fourth-order valence-electron chi connectivity index (χ4n) is 2.70. The van der Waals surface area contributed by atoms with Gasteiger partial charge in [0.25, 0.3) is 11.8 Å². The highest BCUT2D eigenvalue weighted by atomic mass is 16.2. The first-order valence-electron chi connectivity index (χ1n) is 7.81. The van der Waals surface area contributed by atoms with Crippen molar-refractivity contribution in [3.05, 3.63) is 29.8 Å². The standard InChI is InChI=1S/C18H23N3O2/c1-4-6-17(22)19-15-7-5-12-21(13-15)18(23)14-8-10-16(11-9-14)20(2)3/h8-11,15H,5,7,12-13H2,1-3H3,(H,19,22). The Hall–Kier alpha value is -2.48. The molecule has 1 aromatic rings. The Labute approximate surface area is 137 Å². The van der Waals surface area contributed by atoms with Crippen molar-refractivity contribution in [1.29, 1.82) is 0 Å². The average Bonchev–Trinajstić information content (AvgIpc) is 2.54. The molecular formula is C18H23N3O2. The van der Waals surface area contributed by atoms with Gasteiger partial charge in [-0.3, -0.25) is 9.59 Å². The molecule has 1 unspecified atom stereocenters. The summed E-state index contributed by atoms with van der Waals surface area (Å²) in [6.07, 6.45) is 1.76. The summed E-state index contributed by atoms with van der Waals surface area (Å²) in [6, 6.07) is 7.55. The zero-order valence-electron chi connectivity index (χ0n) is 13.9. The van der Waals surface area contributed by atoms with Gasteiger partial charge in [0, 0.05) is 44.5 Å². The quantitative estimate of drug-likeness (QED) is 0.861. The Bertz CT molecular complexity index is 626. The maximum atomic E-state index is 12.6. The molecule has 1 atom stereocenters. The van der Waals surface area contributed by atoms with Crippen LogP contribution in [0, 0.1) is 11.8 Å². The first kappa shape index (κ1) is 16.9. The van der Waals surface area contributed by atoms with Crippen molar-refractivity contribution >= 4 is 17.5 Å². The van der Waals surface area contributed by atoms with E-state index < -0.39 is 0 Å². The smallest absolute Gasteiger partial charge is 0.296 e. The number of benzene rings is 1. The van der Waals surface area contributed by atoms with Crippen LogP contribution in [0.1, 0.15) is 30.1 Å². The van der Waals surface area contributed by atoms with Gasteiger partial charge in [0.1, 0.15) is 0 Å². The Kier molecular flexibility index (Phi) is 5.64. The maximum absolute atomic E-state index is 12.6. The molecule has 0 bridgehead atoms. The predicted molar refractivity (Wildman–Crippen MR) is 91.3 cm³/mol. The van der Waals surface area contributed by atoms with E-state index in [4.69, 9.17) is 0 Å². The monoisotopic (exact) mass is 313 g/mol. The molecule has 122 valence electrons. The lowest BCUT2D eigenvalue weighted by Gasteiger charge is -2.33. The van der Waals surface area contributed by atoms with Crippen LogP contribution in [-0.2, 0) is 4.79 Å². The number of carbonyl (C=O) groups is 2. The lowest BCUT2D eigenvalue weighted by Crippen LogP contribution is -2.49. The van der Waals surface area contributed by atoms with Crippen molar-refractivity contribution in [2.24, 2.45) is 0 Å². The van der Waals surface area contributed by atoms with Gasteiger partial charge in [0.2, 0.25) is 0 Å². The van der Waals surface area contributed by atoms with Gasteiger partial charge in [-0.15, -0.1) is 0 Å². The van der Waals surface area contributed by atoms with E-state index >= 15 is 0 Å². The number of likely N-dealkylation sites (tertiary alicyclic amines) is 1. The maximum Gasteiger partial charge on any atom is 0.296 e. The van der Waals surface area contributed by atoms with Crippen molar-refractivity contribution in [3.63, 3.8) is 0 Å². The van der Waals surface area contributed by atoms with Gasteiger partial charge < -0.3 is 15.1 Å². The third-order valence-corrected chi connectivity index (χ3v) is 3.91. The largest absolute Gasteiger partial charge is 0.378 e. The molecule has 5 heteroatoms. The number of hydrogen-bond acceptors (Lipinski definition) is 3. The molecule has 0 radical (unpaired) electrons. The summed E-state index contributed by atoms with van der Waals surface area (Å²) in [5.41, 5.74) is 1.74. The van der Waals surface area contributed by atoms with Gasteiger partial charge in [0.15, 0.2) is 0 Å². The summed E-state index contributed by atoms with van der Waals surface area (Å²) in [7, 11) is 3.93. The van der Waals surface area contributed by atoms with Crippen molar-refractivity contribution < 1.29 is 9.59 Å². The highest BCUT2D eigenvalue weighted by Crippen LogP contribution is 2.17. The highest BCUT2D eigenvalue weighted by Gasteiger charge is 2.25. The number of piperidine rings is 1. The van der Waals surface area contributed by atoms with Crippen LogP contribution in [0.4, 0.5) is 5.69 Å². The number of nitrogens with one attached hydrogen (secondary N) is 1. The average molecular weight is 313 g/mol. The molecule has 1 fully saturated rings. The Morgan fingerprint density at radius 2 is 1.96 bits per heavy atom. The molecule has 0 aromatic heterocycles. The normalized spacial score (nSPS) is 17.0. The van der Waals surface area contributed by atoms with Crippen LogP contribution in [0.5, 0.6) is 0 Å².